The van der Waals surface area contributed by atoms with Gasteiger partial charge in [0.2, 0.25) is 0 Å². The second kappa shape index (κ2) is 3.49. The van der Waals surface area contributed by atoms with Crippen LogP contribution >= 0.6 is 0 Å². The van der Waals surface area contributed by atoms with Crippen LogP contribution in [0.25, 0.3) is 10.9 Å². The highest BCUT2D eigenvalue weighted by molar-refractivity contribution is 6.00. The minimum absolute atomic E-state index is 0.122. The van der Waals surface area contributed by atoms with Crippen LogP contribution in [0.3, 0.4) is 0 Å². The highest BCUT2D eigenvalue weighted by atomic mass is 16.4. The van der Waals surface area contributed by atoms with Crippen LogP contribution in [-0.4, -0.2) is 22.3 Å². The number of benzene rings is 1. The molecule has 0 aliphatic rings. The van der Waals surface area contributed by atoms with Crippen LogP contribution in [0.2, 0.25) is 0 Å². The van der Waals surface area contributed by atoms with Gasteiger partial charge in [-0.25, -0.2) is 9.78 Å². The predicted molar refractivity (Wildman–Crippen MR) is 53.5 cm³/mol. The number of para-hydroxylation sites is 1. The number of aromatic carboxylic acids is 1. The molecule has 4 heteroatoms. The molecule has 4 nitrogen and oxygen atoms in total. The Morgan fingerprint density at radius 2 is 2.07 bits per heavy atom. The summed E-state index contributed by atoms with van der Waals surface area (Å²) in [5.41, 5.74) is 0.297. The average Bonchev–Trinajstić information content (AvgIpc) is 2.27. The minimum atomic E-state index is -1.17. The number of carbonyl (C=O) groups is 1. The van der Waals surface area contributed by atoms with Gasteiger partial charge in [-0.2, -0.15) is 0 Å². The number of hydrogen-bond donors (Lipinski definition) is 1. The predicted octanol–water partition coefficient (Wildman–Crippen LogP) is 1.39. The van der Waals surface area contributed by atoms with Crippen molar-refractivity contribution in [2.75, 3.05) is 0 Å². The molecule has 2 rings (SSSR count). The van der Waals surface area contributed by atoms with Gasteiger partial charge >= 0.3 is 5.97 Å². The number of aromatic nitrogens is 1. The van der Waals surface area contributed by atoms with Gasteiger partial charge in [0.05, 0.1) is 11.1 Å². The summed E-state index contributed by atoms with van der Waals surface area (Å²) in [6.45, 7) is 0. The fourth-order valence-corrected chi connectivity index (χ4v) is 1.36. The molecule has 0 bridgehead atoms. The van der Waals surface area contributed by atoms with E-state index in [9.17, 15) is 9.59 Å². The lowest BCUT2D eigenvalue weighted by Gasteiger charge is -2.01. The smallest absolute Gasteiger partial charge is 0.338 e. The quantitative estimate of drug-likeness (QED) is 0.795. The van der Waals surface area contributed by atoms with Gasteiger partial charge < -0.3 is 5.11 Å². The minimum Gasteiger partial charge on any atom is -0.478 e. The monoisotopic (exact) mass is 200 g/mol. The topological polar surface area (TPSA) is 67.3 Å². The highest BCUT2D eigenvalue weighted by Gasteiger charge is 2.12. The number of carboxylic acids is 1. The first-order chi connectivity index (χ1) is 7.22. The van der Waals surface area contributed by atoms with Gasteiger partial charge in [-0.1, -0.05) is 18.2 Å². The van der Waals surface area contributed by atoms with Crippen molar-refractivity contribution in [3.05, 3.63) is 41.6 Å². The standard InChI is InChI=1S/C11H6NO3/c13-6-10-8(11(14)15)5-7-3-1-2-4-9(7)12-10/h1-5H,(H,14,15). The Morgan fingerprint density at radius 1 is 1.33 bits per heavy atom. The molecular formula is C11H6NO3. The summed E-state index contributed by atoms with van der Waals surface area (Å²) in [7, 11) is 0. The number of fused-ring (bicyclic) bond motifs is 1. The van der Waals surface area contributed by atoms with Gasteiger partial charge in [0.25, 0.3) is 6.29 Å². The Balaban J connectivity index is 2.80. The van der Waals surface area contributed by atoms with Crippen molar-refractivity contribution in [2.45, 2.75) is 0 Å². The lowest BCUT2D eigenvalue weighted by molar-refractivity contribution is 0.0696. The summed E-state index contributed by atoms with van der Waals surface area (Å²) in [5, 5.41) is 9.53. The van der Waals surface area contributed by atoms with E-state index in [1.165, 1.54) is 12.4 Å². The molecule has 1 aromatic carbocycles. The van der Waals surface area contributed by atoms with Gasteiger partial charge in [0.1, 0.15) is 5.69 Å². The van der Waals surface area contributed by atoms with E-state index in [2.05, 4.69) is 4.98 Å². The van der Waals surface area contributed by atoms with Crippen molar-refractivity contribution < 1.29 is 14.7 Å². The molecule has 0 amide bonds. The van der Waals surface area contributed by atoms with Crippen LogP contribution < -0.4 is 0 Å². The molecule has 0 fully saturated rings. The summed E-state index contributed by atoms with van der Waals surface area (Å²) in [6, 6.07) is 8.42. The lowest BCUT2D eigenvalue weighted by atomic mass is 10.1. The normalized spacial score (nSPS) is 10.1. The van der Waals surface area contributed by atoms with E-state index in [0.29, 0.717) is 10.9 Å². The third-order valence-corrected chi connectivity index (χ3v) is 2.05. The maximum absolute atomic E-state index is 10.8. The van der Waals surface area contributed by atoms with E-state index in [0.717, 1.165) is 0 Å². The number of rotatable bonds is 2. The molecule has 0 unspecified atom stereocenters. The number of nitrogens with zero attached hydrogens (tertiary/aromatic N) is 1. The summed E-state index contributed by atoms with van der Waals surface area (Å²) >= 11 is 0. The molecule has 1 N–H and O–H groups in total. The summed E-state index contributed by atoms with van der Waals surface area (Å²) in [4.78, 5) is 25.2. The first-order valence-corrected chi connectivity index (χ1v) is 4.23. The fourth-order valence-electron chi connectivity index (χ4n) is 1.36. The summed E-state index contributed by atoms with van der Waals surface area (Å²) in [5.74, 6) is -1.17. The van der Waals surface area contributed by atoms with Crippen LogP contribution in [0.15, 0.2) is 30.3 Å². The third-order valence-electron chi connectivity index (χ3n) is 2.05. The Morgan fingerprint density at radius 3 is 2.73 bits per heavy atom. The van der Waals surface area contributed by atoms with Gasteiger partial charge in [-0.3, -0.25) is 4.79 Å². The van der Waals surface area contributed by atoms with Gasteiger partial charge in [0.15, 0.2) is 0 Å². The molecular weight excluding hydrogens is 194 g/mol. The Kier molecular flexibility index (Phi) is 2.17. The molecule has 0 aliphatic carbocycles. The van der Waals surface area contributed by atoms with Crippen molar-refractivity contribution in [2.24, 2.45) is 0 Å². The first kappa shape index (κ1) is 9.33. The van der Waals surface area contributed by atoms with Crippen molar-refractivity contribution in [1.82, 2.24) is 4.98 Å². The van der Waals surface area contributed by atoms with Gasteiger partial charge in [0, 0.05) is 5.39 Å². The zero-order chi connectivity index (χ0) is 10.8. The first-order valence-electron chi connectivity index (χ1n) is 4.23. The number of carboxylic acid groups (broad SMARTS) is 1. The van der Waals surface area contributed by atoms with Crippen LogP contribution in [-0.2, 0) is 4.79 Å². The van der Waals surface area contributed by atoms with E-state index in [4.69, 9.17) is 5.11 Å². The Bertz CT molecular complexity index is 549. The lowest BCUT2D eigenvalue weighted by Crippen LogP contribution is -2.04. The van der Waals surface area contributed by atoms with Crippen LogP contribution in [0.1, 0.15) is 16.1 Å². The molecule has 0 saturated carbocycles. The van der Waals surface area contributed by atoms with E-state index in [1.807, 2.05) is 0 Å². The second-order valence-electron chi connectivity index (χ2n) is 2.98. The number of pyridine rings is 1. The average molecular weight is 200 g/mol. The second-order valence-corrected chi connectivity index (χ2v) is 2.98. The Labute approximate surface area is 85.2 Å². The van der Waals surface area contributed by atoms with E-state index in [-0.39, 0.29) is 11.3 Å². The third kappa shape index (κ3) is 1.57. The molecule has 1 radical (unpaired) electrons. The van der Waals surface area contributed by atoms with E-state index in [1.54, 1.807) is 24.3 Å². The molecule has 1 heterocycles. The zero-order valence-electron chi connectivity index (χ0n) is 7.60. The van der Waals surface area contributed by atoms with Crippen molar-refractivity contribution >= 4 is 23.2 Å². The van der Waals surface area contributed by atoms with E-state index < -0.39 is 5.97 Å². The maximum atomic E-state index is 10.8. The van der Waals surface area contributed by atoms with Crippen LogP contribution in [0, 0.1) is 0 Å². The van der Waals surface area contributed by atoms with Crippen molar-refractivity contribution in [1.29, 1.82) is 0 Å². The molecule has 0 atom stereocenters. The van der Waals surface area contributed by atoms with Gasteiger partial charge in [-0.05, 0) is 12.1 Å². The molecule has 15 heavy (non-hydrogen) atoms. The summed E-state index contributed by atoms with van der Waals surface area (Å²) in [6.07, 6.45) is 1.53. The fraction of sp³-hybridized carbons (Fsp3) is 0. The summed E-state index contributed by atoms with van der Waals surface area (Å²) < 4.78 is 0. The van der Waals surface area contributed by atoms with Gasteiger partial charge in [-0.15, -0.1) is 0 Å². The molecule has 73 valence electrons. The zero-order valence-corrected chi connectivity index (χ0v) is 7.60. The number of carbonyl (C=O) groups excluding carboxylic acids is 1. The van der Waals surface area contributed by atoms with Crippen LogP contribution in [0.4, 0.5) is 0 Å². The molecule has 0 spiro atoms. The number of hydrogen-bond acceptors (Lipinski definition) is 3. The largest absolute Gasteiger partial charge is 0.478 e. The van der Waals surface area contributed by atoms with Crippen molar-refractivity contribution in [3.63, 3.8) is 0 Å². The van der Waals surface area contributed by atoms with E-state index >= 15 is 0 Å². The molecule has 0 saturated heterocycles. The highest BCUT2D eigenvalue weighted by Crippen LogP contribution is 2.15. The van der Waals surface area contributed by atoms with Crippen molar-refractivity contribution in [3.8, 4) is 0 Å². The molecule has 2 aromatic rings. The maximum Gasteiger partial charge on any atom is 0.338 e. The SMILES string of the molecule is O=[C]c1nc2ccccc2cc1C(=O)O. The molecule has 0 aliphatic heterocycles. The molecule has 1 aromatic heterocycles. The Hall–Kier alpha value is -2.23. The van der Waals surface area contributed by atoms with Crippen LogP contribution in [0.5, 0.6) is 0 Å².